The number of pyridine rings is 1. The maximum atomic E-state index is 15.5. The first-order valence-corrected chi connectivity index (χ1v) is 12.3. The quantitative estimate of drug-likeness (QED) is 0.348. The summed E-state index contributed by atoms with van der Waals surface area (Å²) < 4.78 is 29.9. The van der Waals surface area contributed by atoms with Crippen LogP contribution in [0.3, 0.4) is 0 Å². The molecule has 1 fully saturated rings. The number of carboxylic acids is 1. The van der Waals surface area contributed by atoms with Crippen LogP contribution < -0.4 is 5.32 Å². The van der Waals surface area contributed by atoms with Gasteiger partial charge in [0.2, 0.25) is 0 Å². The summed E-state index contributed by atoms with van der Waals surface area (Å²) in [5.74, 6) is -1.08. The Morgan fingerprint density at radius 1 is 1.22 bits per heavy atom. The second-order valence-corrected chi connectivity index (χ2v) is 10.2. The topological polar surface area (TPSA) is 94.1 Å². The van der Waals surface area contributed by atoms with Gasteiger partial charge in [-0.25, -0.2) is 13.8 Å². The fourth-order valence-corrected chi connectivity index (χ4v) is 4.85. The highest BCUT2D eigenvalue weighted by atomic mass is 35.5. The number of aryl methyl sites for hydroxylation is 1. The van der Waals surface area contributed by atoms with E-state index in [1.807, 2.05) is 25.7 Å². The van der Waals surface area contributed by atoms with Gasteiger partial charge in [-0.15, -0.1) is 0 Å². The van der Waals surface area contributed by atoms with Crippen molar-refractivity contribution in [1.29, 1.82) is 0 Å². The fourth-order valence-electron chi connectivity index (χ4n) is 4.66. The number of benzene rings is 1. The van der Waals surface area contributed by atoms with E-state index < -0.39 is 23.0 Å². The predicted octanol–water partition coefficient (Wildman–Crippen LogP) is 5.82. The van der Waals surface area contributed by atoms with Crippen LogP contribution in [0.4, 0.5) is 20.4 Å². The Labute approximate surface area is 213 Å². The summed E-state index contributed by atoms with van der Waals surface area (Å²) in [6.07, 6.45) is 0.542. The van der Waals surface area contributed by atoms with E-state index in [4.69, 9.17) is 11.6 Å². The molecule has 4 rings (SSSR count). The van der Waals surface area contributed by atoms with Crippen LogP contribution in [0.5, 0.6) is 0 Å². The van der Waals surface area contributed by atoms with Gasteiger partial charge in [-0.05, 0) is 56.5 Å². The summed E-state index contributed by atoms with van der Waals surface area (Å²) in [6, 6.07) is 8.31. The molecule has 1 aromatic carbocycles. The minimum atomic E-state index is -1.17. The van der Waals surface area contributed by atoms with Gasteiger partial charge >= 0.3 is 5.97 Å². The van der Waals surface area contributed by atoms with Gasteiger partial charge in [0.15, 0.2) is 5.82 Å². The Kier molecular flexibility index (Phi) is 7.61. The number of carbonyl (C=O) groups is 1. The van der Waals surface area contributed by atoms with E-state index in [1.54, 1.807) is 24.3 Å². The summed E-state index contributed by atoms with van der Waals surface area (Å²) in [6.45, 7) is 6.82. The number of aliphatic carboxylic acids is 1. The summed E-state index contributed by atoms with van der Waals surface area (Å²) in [7, 11) is 0. The molecule has 0 bridgehead atoms. The van der Waals surface area contributed by atoms with Gasteiger partial charge in [0, 0.05) is 30.3 Å². The lowest BCUT2D eigenvalue weighted by Crippen LogP contribution is -2.45. The molecule has 2 aromatic heterocycles. The van der Waals surface area contributed by atoms with Crippen LogP contribution in [0, 0.1) is 24.0 Å². The number of nitrogens with one attached hydrogen (secondary N) is 2. The lowest BCUT2D eigenvalue weighted by Gasteiger charge is -2.39. The van der Waals surface area contributed by atoms with E-state index in [2.05, 4.69) is 20.5 Å². The highest BCUT2D eigenvalue weighted by molar-refractivity contribution is 6.30. The molecule has 0 aliphatic carbocycles. The van der Waals surface area contributed by atoms with Crippen molar-refractivity contribution in [2.75, 3.05) is 18.4 Å². The van der Waals surface area contributed by atoms with Crippen molar-refractivity contribution in [1.82, 2.24) is 20.1 Å². The van der Waals surface area contributed by atoms with Crippen LogP contribution in [-0.2, 0) is 17.8 Å². The maximum absolute atomic E-state index is 15.5. The molecule has 0 unspecified atom stereocenters. The van der Waals surface area contributed by atoms with Crippen LogP contribution >= 0.6 is 11.6 Å². The minimum Gasteiger partial charge on any atom is -0.481 e. The molecule has 0 atom stereocenters. The average Bonchev–Trinajstić information content (AvgIpc) is 3.24. The number of rotatable bonds is 8. The van der Waals surface area contributed by atoms with Gasteiger partial charge in [0.1, 0.15) is 17.5 Å². The number of aromatic amines is 1. The Hall–Kier alpha value is -3.04. The Bertz CT molecular complexity index is 1260. The molecule has 36 heavy (non-hydrogen) atoms. The van der Waals surface area contributed by atoms with E-state index in [0.29, 0.717) is 55.2 Å². The lowest BCUT2D eigenvalue weighted by atomic mass is 9.74. The molecule has 7 nitrogen and oxygen atoms in total. The number of H-pyrrole nitrogens is 1. The Balaban J connectivity index is 1.56. The summed E-state index contributed by atoms with van der Waals surface area (Å²) >= 11 is 5.90. The van der Waals surface area contributed by atoms with E-state index in [1.165, 1.54) is 6.07 Å². The summed E-state index contributed by atoms with van der Waals surface area (Å²) in [5.41, 5.74) is 0.731. The van der Waals surface area contributed by atoms with Crippen molar-refractivity contribution >= 4 is 29.2 Å². The zero-order valence-corrected chi connectivity index (χ0v) is 21.3. The second-order valence-electron chi connectivity index (χ2n) is 9.82. The van der Waals surface area contributed by atoms with Crippen molar-refractivity contribution in [3.05, 3.63) is 69.5 Å². The number of aromatic nitrogens is 3. The van der Waals surface area contributed by atoms with Gasteiger partial charge in [-0.2, -0.15) is 5.10 Å². The fraction of sp³-hybridized carbons (Fsp3) is 0.423. The summed E-state index contributed by atoms with van der Waals surface area (Å²) in [5, 5.41) is 20.3. The van der Waals surface area contributed by atoms with Gasteiger partial charge < -0.3 is 10.4 Å². The highest BCUT2D eigenvalue weighted by Gasteiger charge is 2.43. The average molecular weight is 518 g/mol. The zero-order valence-electron chi connectivity index (χ0n) is 20.5. The first kappa shape index (κ1) is 26.0. The van der Waals surface area contributed by atoms with E-state index >= 15 is 4.39 Å². The number of hydrogen-bond donors (Lipinski definition) is 3. The molecule has 0 amide bonds. The predicted molar refractivity (Wildman–Crippen MR) is 135 cm³/mol. The molecule has 192 valence electrons. The Morgan fingerprint density at radius 3 is 2.56 bits per heavy atom. The van der Waals surface area contributed by atoms with E-state index in [-0.39, 0.29) is 23.1 Å². The maximum Gasteiger partial charge on any atom is 0.310 e. The highest BCUT2D eigenvalue weighted by Crippen LogP contribution is 2.38. The van der Waals surface area contributed by atoms with Gasteiger partial charge in [-0.1, -0.05) is 37.6 Å². The number of likely N-dealkylation sites (tertiary alicyclic amines) is 1. The molecular formula is C26H30ClF2N5O2. The van der Waals surface area contributed by atoms with E-state index in [0.717, 1.165) is 5.69 Å². The minimum absolute atomic E-state index is 0.0393. The van der Waals surface area contributed by atoms with Gasteiger partial charge in [0.25, 0.3) is 0 Å². The third-order valence-corrected chi connectivity index (χ3v) is 7.13. The molecule has 0 spiro atoms. The van der Waals surface area contributed by atoms with Gasteiger partial charge in [0.05, 0.1) is 16.1 Å². The molecule has 1 aliphatic heterocycles. The standard InChI is InChI=1S/C26H30ClF2N5O2/c1-15(2)18-12-21(31-22-11-16(3)32-33-22)30-20(24(18)29)13-26(25(35)36)7-9-34(10-8-26)14-17-5-4-6-19(27)23(17)28/h4-6,11-12,15H,7-10,13-14H2,1-3H3,(H,35,36)(H2,30,31,32,33). The Morgan fingerprint density at radius 2 is 1.94 bits per heavy atom. The third kappa shape index (κ3) is 5.52. The van der Waals surface area contributed by atoms with Crippen molar-refractivity contribution in [2.24, 2.45) is 5.41 Å². The van der Waals surface area contributed by atoms with Crippen LogP contribution in [-0.4, -0.2) is 44.2 Å². The van der Waals surface area contributed by atoms with Crippen LogP contribution in [0.25, 0.3) is 0 Å². The first-order chi connectivity index (χ1) is 17.1. The molecule has 0 saturated carbocycles. The van der Waals surface area contributed by atoms with Gasteiger partial charge in [-0.3, -0.25) is 14.8 Å². The van der Waals surface area contributed by atoms with E-state index in [9.17, 15) is 14.3 Å². The van der Waals surface area contributed by atoms with Crippen molar-refractivity contribution < 1.29 is 18.7 Å². The number of piperidine rings is 1. The summed E-state index contributed by atoms with van der Waals surface area (Å²) in [4.78, 5) is 18.9. The molecule has 3 aromatic rings. The number of nitrogens with zero attached hydrogens (tertiary/aromatic N) is 3. The molecular weight excluding hydrogens is 488 g/mol. The van der Waals surface area contributed by atoms with Crippen molar-refractivity contribution in [3.8, 4) is 0 Å². The molecule has 3 heterocycles. The van der Waals surface area contributed by atoms with Crippen molar-refractivity contribution in [3.63, 3.8) is 0 Å². The molecule has 0 radical (unpaired) electrons. The van der Waals surface area contributed by atoms with Crippen LogP contribution in [0.15, 0.2) is 30.3 Å². The SMILES string of the molecule is Cc1cc(Nc2cc(C(C)C)c(F)c(CC3(C(=O)O)CCN(Cc4cccc(Cl)c4F)CC3)n2)n[nH]1. The number of carboxylic acid groups (broad SMARTS) is 1. The largest absolute Gasteiger partial charge is 0.481 e. The second kappa shape index (κ2) is 10.5. The molecule has 10 heteroatoms. The monoisotopic (exact) mass is 517 g/mol. The molecule has 1 aliphatic rings. The normalized spacial score (nSPS) is 15.9. The number of halogens is 3. The van der Waals surface area contributed by atoms with Crippen LogP contribution in [0.1, 0.15) is 55.1 Å². The lowest BCUT2D eigenvalue weighted by molar-refractivity contribution is -0.152. The number of anilines is 2. The smallest absolute Gasteiger partial charge is 0.310 e. The number of hydrogen-bond acceptors (Lipinski definition) is 5. The van der Waals surface area contributed by atoms with Crippen molar-refractivity contribution in [2.45, 2.75) is 52.5 Å². The third-order valence-electron chi connectivity index (χ3n) is 6.84. The molecule has 1 saturated heterocycles. The first-order valence-electron chi connectivity index (χ1n) is 11.9. The van der Waals surface area contributed by atoms with Crippen LogP contribution in [0.2, 0.25) is 5.02 Å². The zero-order chi connectivity index (χ0) is 26.0. The molecule has 3 N–H and O–H groups in total.